The van der Waals surface area contributed by atoms with Crippen LogP contribution in [0.2, 0.25) is 0 Å². The SMILES string of the molecule is CC(C)=CCOc1cc(CCc2ccc(O)cc2)c2ccoc2c1. The first kappa shape index (κ1) is 16.2. The van der Waals surface area contributed by atoms with Gasteiger partial charge < -0.3 is 14.3 Å². The van der Waals surface area contributed by atoms with E-state index in [9.17, 15) is 5.11 Å². The van der Waals surface area contributed by atoms with Crippen LogP contribution >= 0.6 is 0 Å². The lowest BCUT2D eigenvalue weighted by Gasteiger charge is -2.09. The summed E-state index contributed by atoms with van der Waals surface area (Å²) in [5, 5.41) is 10.5. The summed E-state index contributed by atoms with van der Waals surface area (Å²) in [6, 6.07) is 13.4. The number of phenolic OH excluding ortho intramolecular Hbond substituents is 1. The zero-order chi connectivity index (χ0) is 16.9. The van der Waals surface area contributed by atoms with Crippen molar-refractivity contribution in [3.05, 3.63) is 71.5 Å². The summed E-state index contributed by atoms with van der Waals surface area (Å²) in [6.45, 7) is 4.68. The molecule has 0 aliphatic carbocycles. The van der Waals surface area contributed by atoms with Crippen LogP contribution in [-0.2, 0) is 12.8 Å². The molecule has 0 bridgehead atoms. The molecule has 0 unspecified atom stereocenters. The second kappa shape index (κ2) is 7.26. The summed E-state index contributed by atoms with van der Waals surface area (Å²) in [4.78, 5) is 0. The highest BCUT2D eigenvalue weighted by Crippen LogP contribution is 2.28. The molecule has 2 aromatic carbocycles. The molecule has 1 heterocycles. The molecule has 0 saturated heterocycles. The molecule has 0 aliphatic heterocycles. The van der Waals surface area contributed by atoms with Crippen LogP contribution in [0.5, 0.6) is 11.5 Å². The van der Waals surface area contributed by atoms with Gasteiger partial charge in [-0.15, -0.1) is 0 Å². The lowest BCUT2D eigenvalue weighted by molar-refractivity contribution is 0.361. The Kier molecular flexibility index (Phi) is 4.90. The molecule has 0 radical (unpaired) electrons. The molecule has 3 aromatic rings. The molecule has 3 rings (SSSR count). The van der Waals surface area contributed by atoms with Crippen LogP contribution in [0.4, 0.5) is 0 Å². The minimum atomic E-state index is 0.297. The average Bonchev–Trinajstić information content (AvgIpc) is 3.02. The van der Waals surface area contributed by atoms with Crippen LogP contribution in [0.3, 0.4) is 0 Å². The summed E-state index contributed by atoms with van der Waals surface area (Å²) >= 11 is 0. The van der Waals surface area contributed by atoms with E-state index in [1.165, 1.54) is 16.7 Å². The van der Waals surface area contributed by atoms with Gasteiger partial charge >= 0.3 is 0 Å². The number of allylic oxidation sites excluding steroid dienone is 1. The molecule has 0 amide bonds. The number of rotatable bonds is 6. The highest BCUT2D eigenvalue weighted by atomic mass is 16.5. The predicted octanol–water partition coefficient (Wildman–Crippen LogP) is 5.27. The molecule has 3 nitrogen and oxygen atoms in total. The minimum absolute atomic E-state index is 0.297. The Hall–Kier alpha value is -2.68. The molecule has 0 aliphatic rings. The van der Waals surface area contributed by atoms with E-state index < -0.39 is 0 Å². The topological polar surface area (TPSA) is 42.6 Å². The Labute approximate surface area is 142 Å². The smallest absolute Gasteiger partial charge is 0.137 e. The van der Waals surface area contributed by atoms with Crippen LogP contribution in [0.1, 0.15) is 25.0 Å². The number of ether oxygens (including phenoxy) is 1. The molecule has 1 N–H and O–H groups in total. The third kappa shape index (κ3) is 3.99. The zero-order valence-electron chi connectivity index (χ0n) is 14.1. The molecule has 3 heteroatoms. The van der Waals surface area contributed by atoms with E-state index >= 15 is 0 Å². The first-order valence-corrected chi connectivity index (χ1v) is 8.16. The minimum Gasteiger partial charge on any atom is -0.508 e. The van der Waals surface area contributed by atoms with E-state index in [1.807, 2.05) is 24.3 Å². The Morgan fingerprint density at radius 3 is 2.62 bits per heavy atom. The normalized spacial score (nSPS) is 10.8. The number of benzene rings is 2. The Bertz CT molecular complexity index is 837. The first-order valence-electron chi connectivity index (χ1n) is 8.16. The number of hydrogen-bond donors (Lipinski definition) is 1. The van der Waals surface area contributed by atoms with Gasteiger partial charge in [-0.05, 0) is 68.2 Å². The van der Waals surface area contributed by atoms with Crippen molar-refractivity contribution < 1.29 is 14.3 Å². The van der Waals surface area contributed by atoms with Gasteiger partial charge in [0.15, 0.2) is 0 Å². The Morgan fingerprint density at radius 1 is 1.08 bits per heavy atom. The summed E-state index contributed by atoms with van der Waals surface area (Å²) in [5.74, 6) is 1.13. The molecular weight excluding hydrogens is 300 g/mol. The number of hydrogen-bond acceptors (Lipinski definition) is 3. The highest BCUT2D eigenvalue weighted by Gasteiger charge is 2.08. The van der Waals surface area contributed by atoms with Crippen molar-refractivity contribution in [1.82, 2.24) is 0 Å². The monoisotopic (exact) mass is 322 g/mol. The molecule has 0 saturated carbocycles. The van der Waals surface area contributed by atoms with Gasteiger partial charge in [0.2, 0.25) is 0 Å². The lowest BCUT2D eigenvalue weighted by atomic mass is 10.0. The standard InChI is InChI=1S/C21H22O3/c1-15(2)9-11-23-19-13-17(20-10-12-24-21(20)14-19)6-3-16-4-7-18(22)8-5-16/h4-5,7-10,12-14,22H,3,6,11H2,1-2H3. The summed E-state index contributed by atoms with van der Waals surface area (Å²) in [5.41, 5.74) is 4.49. The summed E-state index contributed by atoms with van der Waals surface area (Å²) in [6.07, 6.45) is 5.57. The van der Waals surface area contributed by atoms with Gasteiger partial charge in [0.05, 0.1) is 6.26 Å². The number of phenols is 1. The maximum Gasteiger partial charge on any atom is 0.137 e. The number of fused-ring (bicyclic) bond motifs is 1. The number of aromatic hydroxyl groups is 1. The van der Waals surface area contributed by atoms with E-state index in [2.05, 4.69) is 26.0 Å². The highest BCUT2D eigenvalue weighted by molar-refractivity contribution is 5.82. The van der Waals surface area contributed by atoms with Crippen molar-refractivity contribution in [3.63, 3.8) is 0 Å². The average molecular weight is 322 g/mol. The first-order chi connectivity index (χ1) is 11.6. The molecule has 124 valence electrons. The van der Waals surface area contributed by atoms with Gasteiger partial charge in [0.25, 0.3) is 0 Å². The van der Waals surface area contributed by atoms with Crippen LogP contribution in [0, 0.1) is 0 Å². The van der Waals surface area contributed by atoms with Gasteiger partial charge in [0, 0.05) is 11.5 Å². The fraction of sp³-hybridized carbons (Fsp3) is 0.238. The van der Waals surface area contributed by atoms with Crippen LogP contribution in [0.25, 0.3) is 11.0 Å². The molecule has 24 heavy (non-hydrogen) atoms. The molecule has 0 fully saturated rings. The summed E-state index contributed by atoms with van der Waals surface area (Å²) < 4.78 is 11.4. The van der Waals surface area contributed by atoms with Gasteiger partial charge in [-0.3, -0.25) is 0 Å². The Morgan fingerprint density at radius 2 is 1.88 bits per heavy atom. The fourth-order valence-electron chi connectivity index (χ4n) is 2.65. The Balaban J connectivity index is 1.78. The largest absolute Gasteiger partial charge is 0.508 e. The fourth-order valence-corrected chi connectivity index (χ4v) is 2.65. The van der Waals surface area contributed by atoms with Crippen LogP contribution in [-0.4, -0.2) is 11.7 Å². The van der Waals surface area contributed by atoms with E-state index in [0.717, 1.165) is 29.6 Å². The zero-order valence-corrected chi connectivity index (χ0v) is 14.1. The van der Waals surface area contributed by atoms with E-state index in [4.69, 9.17) is 9.15 Å². The number of furan rings is 1. The molecule has 0 spiro atoms. The van der Waals surface area contributed by atoms with Gasteiger partial charge in [0.1, 0.15) is 23.7 Å². The van der Waals surface area contributed by atoms with Crippen LogP contribution < -0.4 is 4.74 Å². The lowest BCUT2D eigenvalue weighted by Crippen LogP contribution is -1.97. The van der Waals surface area contributed by atoms with Gasteiger partial charge in [-0.25, -0.2) is 0 Å². The van der Waals surface area contributed by atoms with Crippen molar-refractivity contribution >= 4 is 11.0 Å². The van der Waals surface area contributed by atoms with E-state index in [1.54, 1.807) is 18.4 Å². The van der Waals surface area contributed by atoms with E-state index in [-0.39, 0.29) is 0 Å². The second-order valence-corrected chi connectivity index (χ2v) is 6.17. The van der Waals surface area contributed by atoms with Crippen molar-refractivity contribution in [2.75, 3.05) is 6.61 Å². The molecule has 0 atom stereocenters. The van der Waals surface area contributed by atoms with Gasteiger partial charge in [-0.2, -0.15) is 0 Å². The second-order valence-electron chi connectivity index (χ2n) is 6.17. The van der Waals surface area contributed by atoms with Crippen molar-refractivity contribution in [2.45, 2.75) is 26.7 Å². The third-order valence-electron chi connectivity index (χ3n) is 3.99. The van der Waals surface area contributed by atoms with Crippen molar-refractivity contribution in [3.8, 4) is 11.5 Å². The predicted molar refractivity (Wildman–Crippen MR) is 96.7 cm³/mol. The summed E-state index contributed by atoms with van der Waals surface area (Å²) in [7, 11) is 0. The van der Waals surface area contributed by atoms with E-state index in [0.29, 0.717) is 12.4 Å². The molecular formula is C21H22O3. The van der Waals surface area contributed by atoms with Gasteiger partial charge in [-0.1, -0.05) is 17.7 Å². The maximum absolute atomic E-state index is 9.38. The molecule has 1 aromatic heterocycles. The van der Waals surface area contributed by atoms with Crippen LogP contribution in [0.15, 0.2) is 64.8 Å². The number of aryl methyl sites for hydroxylation is 2. The third-order valence-corrected chi connectivity index (χ3v) is 3.99. The van der Waals surface area contributed by atoms with Crippen molar-refractivity contribution in [2.24, 2.45) is 0 Å². The quantitative estimate of drug-likeness (QED) is 0.629. The van der Waals surface area contributed by atoms with Crippen molar-refractivity contribution in [1.29, 1.82) is 0 Å². The maximum atomic E-state index is 9.38.